The Kier molecular flexibility index (Phi) is 8.62. The highest BCUT2D eigenvalue weighted by molar-refractivity contribution is 7.90. The van der Waals surface area contributed by atoms with Crippen molar-refractivity contribution in [3.63, 3.8) is 0 Å². The largest absolute Gasteiger partial charge is 0.477 e. The Morgan fingerprint density at radius 3 is 2.49 bits per heavy atom. The maximum absolute atomic E-state index is 13.4. The standard InChI is InChI=1S/C29H35F3N5O4SSi/c1-20-17-36(18-21(20)19-43(2)3)26-23(27(38)35-42(39,40)22-7-5-4-6-8-22)9-10-24(33-26)37-15-11-25(34-37)41-16-14-28(12-13-28)29(30,31)32/h4-11,15,20-21H,12-14,16-19H2,1-3H3,(H,35,38)/t20-,21?/m1/s1. The number of rotatable bonds is 11. The molecule has 1 saturated carbocycles. The van der Waals surface area contributed by atoms with Crippen molar-refractivity contribution in [3.05, 3.63) is 60.3 Å². The third-order valence-corrected chi connectivity index (χ3v) is 10.9. The number of ether oxygens (including phenoxy) is 1. The molecule has 1 unspecified atom stereocenters. The highest BCUT2D eigenvalue weighted by Gasteiger charge is 2.62. The molecule has 1 aliphatic carbocycles. The first-order valence-corrected chi connectivity index (χ1v) is 18.4. The van der Waals surface area contributed by atoms with Crippen molar-refractivity contribution in [3.8, 4) is 11.7 Å². The number of sulfonamides is 1. The van der Waals surface area contributed by atoms with Crippen LogP contribution in [0.15, 0.2) is 59.6 Å². The van der Waals surface area contributed by atoms with Gasteiger partial charge in [0, 0.05) is 34.1 Å². The van der Waals surface area contributed by atoms with Gasteiger partial charge in [-0.25, -0.2) is 22.8 Å². The summed E-state index contributed by atoms with van der Waals surface area (Å²) in [6.07, 6.45) is -2.57. The predicted molar refractivity (Wildman–Crippen MR) is 157 cm³/mol. The number of halogens is 3. The zero-order valence-corrected chi connectivity index (χ0v) is 26.1. The van der Waals surface area contributed by atoms with Crippen LogP contribution in [0.3, 0.4) is 0 Å². The van der Waals surface area contributed by atoms with E-state index in [0.717, 1.165) is 6.04 Å². The molecule has 3 aromatic rings. The number of anilines is 1. The van der Waals surface area contributed by atoms with E-state index in [1.54, 1.807) is 36.5 Å². The van der Waals surface area contributed by atoms with Gasteiger partial charge in [-0.2, -0.15) is 13.2 Å². The minimum Gasteiger partial charge on any atom is -0.477 e. The van der Waals surface area contributed by atoms with E-state index >= 15 is 0 Å². The predicted octanol–water partition coefficient (Wildman–Crippen LogP) is 5.32. The molecule has 1 aromatic carbocycles. The molecule has 2 atom stereocenters. The Morgan fingerprint density at radius 2 is 1.84 bits per heavy atom. The van der Waals surface area contributed by atoms with Gasteiger partial charge in [-0.3, -0.25) is 4.79 Å². The van der Waals surface area contributed by atoms with Crippen molar-refractivity contribution in [2.24, 2.45) is 17.3 Å². The summed E-state index contributed by atoms with van der Waals surface area (Å²) >= 11 is 0. The summed E-state index contributed by atoms with van der Waals surface area (Å²) in [6.45, 7) is 7.90. The number of carbonyl (C=O) groups excluding carboxylic acids is 1. The van der Waals surface area contributed by atoms with Crippen LogP contribution in [0.1, 0.15) is 36.5 Å². The number of hydrogen-bond acceptors (Lipinski definition) is 7. The molecule has 9 nitrogen and oxygen atoms in total. The van der Waals surface area contributed by atoms with Gasteiger partial charge >= 0.3 is 6.18 Å². The average Bonchev–Trinajstić information content (AvgIpc) is 3.47. The fourth-order valence-corrected chi connectivity index (χ4v) is 8.07. The molecule has 1 aliphatic heterocycles. The molecule has 5 rings (SSSR count). The molecule has 14 heteroatoms. The lowest BCUT2D eigenvalue weighted by atomic mass is 10.0. The molecular weight excluding hydrogens is 599 g/mol. The Hall–Kier alpha value is -3.39. The maximum Gasteiger partial charge on any atom is 0.394 e. The van der Waals surface area contributed by atoms with Gasteiger partial charge in [-0.1, -0.05) is 44.3 Å². The average molecular weight is 635 g/mol. The van der Waals surface area contributed by atoms with Crippen LogP contribution < -0.4 is 14.4 Å². The molecule has 1 saturated heterocycles. The van der Waals surface area contributed by atoms with Crippen molar-refractivity contribution in [1.82, 2.24) is 19.5 Å². The maximum atomic E-state index is 13.4. The van der Waals surface area contributed by atoms with Crippen molar-refractivity contribution in [2.75, 3.05) is 24.6 Å². The van der Waals surface area contributed by atoms with Gasteiger partial charge in [0.25, 0.3) is 15.9 Å². The first-order chi connectivity index (χ1) is 20.3. The molecule has 0 spiro atoms. The van der Waals surface area contributed by atoms with Crippen molar-refractivity contribution < 1.29 is 31.1 Å². The van der Waals surface area contributed by atoms with Crippen molar-refractivity contribution in [1.29, 1.82) is 0 Å². The molecule has 0 bridgehead atoms. The summed E-state index contributed by atoms with van der Waals surface area (Å²) in [6, 6.07) is 13.4. The summed E-state index contributed by atoms with van der Waals surface area (Å²) in [5.74, 6) is 0.820. The van der Waals surface area contributed by atoms with E-state index in [1.807, 2.05) is 4.90 Å². The van der Waals surface area contributed by atoms with Crippen LogP contribution in [0.25, 0.3) is 5.82 Å². The summed E-state index contributed by atoms with van der Waals surface area (Å²) < 4.78 is 74.7. The van der Waals surface area contributed by atoms with E-state index in [2.05, 4.69) is 29.8 Å². The second kappa shape index (κ2) is 11.9. The van der Waals surface area contributed by atoms with Crippen LogP contribution >= 0.6 is 0 Å². The summed E-state index contributed by atoms with van der Waals surface area (Å²) in [5, 5.41) is 4.33. The van der Waals surface area contributed by atoms with E-state index in [9.17, 15) is 26.4 Å². The Bertz CT molecular complexity index is 1560. The number of amides is 1. The van der Waals surface area contributed by atoms with E-state index < -0.39 is 36.3 Å². The van der Waals surface area contributed by atoms with Crippen LogP contribution in [-0.4, -0.2) is 63.8 Å². The van der Waals surface area contributed by atoms with Crippen molar-refractivity contribution in [2.45, 2.75) is 56.4 Å². The van der Waals surface area contributed by atoms with E-state index in [0.29, 0.717) is 36.6 Å². The third-order valence-electron chi connectivity index (χ3n) is 8.21. The monoisotopic (exact) mass is 634 g/mol. The lowest BCUT2D eigenvalue weighted by Gasteiger charge is -2.22. The van der Waals surface area contributed by atoms with Crippen LogP contribution in [0.2, 0.25) is 19.1 Å². The molecule has 1 amide bonds. The number of alkyl halides is 3. The third kappa shape index (κ3) is 6.90. The minimum absolute atomic E-state index is 0.0307. The second-order valence-electron chi connectivity index (χ2n) is 11.8. The van der Waals surface area contributed by atoms with Crippen LogP contribution in [-0.2, 0) is 10.0 Å². The minimum atomic E-state index is -4.24. The van der Waals surface area contributed by atoms with Crippen LogP contribution in [0.5, 0.6) is 5.88 Å². The van der Waals surface area contributed by atoms with Gasteiger partial charge in [0.2, 0.25) is 5.88 Å². The van der Waals surface area contributed by atoms with Crippen molar-refractivity contribution >= 4 is 30.5 Å². The van der Waals surface area contributed by atoms with Gasteiger partial charge in [0.15, 0.2) is 5.82 Å². The lowest BCUT2D eigenvalue weighted by Crippen LogP contribution is -2.33. The zero-order valence-electron chi connectivity index (χ0n) is 24.3. The Morgan fingerprint density at radius 1 is 1.12 bits per heavy atom. The normalized spacial score (nSPS) is 19.9. The molecule has 2 aromatic heterocycles. The van der Waals surface area contributed by atoms with Gasteiger partial charge in [-0.15, -0.1) is 5.10 Å². The van der Waals surface area contributed by atoms with Gasteiger partial charge in [-0.05, 0) is 55.4 Å². The number of pyridine rings is 1. The van der Waals surface area contributed by atoms with Gasteiger partial charge in [0.1, 0.15) is 5.82 Å². The fraction of sp³-hybridized carbons (Fsp3) is 0.483. The van der Waals surface area contributed by atoms with Crippen LogP contribution in [0, 0.1) is 17.3 Å². The first-order valence-electron chi connectivity index (χ1n) is 14.2. The molecule has 231 valence electrons. The molecular formula is C29H35F3N5O4SSi. The molecule has 43 heavy (non-hydrogen) atoms. The smallest absolute Gasteiger partial charge is 0.394 e. The number of hydrogen-bond donors (Lipinski definition) is 1. The number of nitrogens with one attached hydrogen (secondary N) is 1. The number of carbonyl (C=O) groups is 1. The second-order valence-corrected chi connectivity index (χ2v) is 16.3. The topological polar surface area (TPSA) is 106 Å². The highest BCUT2D eigenvalue weighted by atomic mass is 32.2. The number of nitrogens with zero attached hydrogens (tertiary/aromatic N) is 4. The Labute approximate surface area is 251 Å². The SMILES string of the molecule is C[C@@H]1CN(c2nc(-n3ccc(OCCC4(C(F)(F)F)CC4)n3)ccc2C(=O)NS(=O)(=O)c2ccccc2)CC1C[Si](C)C. The quantitative estimate of drug-likeness (QED) is 0.285. The van der Waals surface area contributed by atoms with E-state index in [4.69, 9.17) is 9.72 Å². The molecule has 3 heterocycles. The molecule has 1 radical (unpaired) electrons. The molecule has 2 aliphatic rings. The van der Waals surface area contributed by atoms with E-state index in [-0.39, 0.29) is 42.2 Å². The molecule has 1 N–H and O–H groups in total. The van der Waals surface area contributed by atoms with Gasteiger partial charge < -0.3 is 9.64 Å². The van der Waals surface area contributed by atoms with Gasteiger partial charge in [0.05, 0.1) is 22.5 Å². The number of benzene rings is 1. The Balaban J connectivity index is 1.39. The van der Waals surface area contributed by atoms with E-state index in [1.165, 1.54) is 22.9 Å². The zero-order chi connectivity index (χ0) is 31.0. The summed E-state index contributed by atoms with van der Waals surface area (Å²) in [5.41, 5.74) is -1.54. The molecule has 2 fully saturated rings. The fourth-order valence-electron chi connectivity index (χ4n) is 5.51. The first kappa shape index (κ1) is 31.0. The summed E-state index contributed by atoms with van der Waals surface area (Å²) in [4.78, 5) is 20.1. The van der Waals surface area contributed by atoms with Crippen LogP contribution in [0.4, 0.5) is 19.0 Å². The number of aromatic nitrogens is 3. The lowest BCUT2D eigenvalue weighted by molar-refractivity contribution is -0.190. The summed E-state index contributed by atoms with van der Waals surface area (Å²) in [7, 11) is -4.61. The highest BCUT2D eigenvalue weighted by Crippen LogP contribution is 2.59.